The van der Waals surface area contributed by atoms with E-state index in [1.54, 1.807) is 0 Å². The molecule has 2 rings (SSSR count). The van der Waals surface area contributed by atoms with E-state index in [0.29, 0.717) is 41.0 Å². The number of thioether (sulfide) groups is 1. The molecule has 0 saturated carbocycles. The second kappa shape index (κ2) is 9.99. The minimum Gasteiger partial charge on any atom is -0.444 e. The van der Waals surface area contributed by atoms with Crippen LogP contribution < -0.4 is 11.1 Å². The maximum atomic E-state index is 13.2. The predicted octanol–water partition coefficient (Wildman–Crippen LogP) is 5.09. The molecule has 2 heterocycles. The van der Waals surface area contributed by atoms with E-state index in [4.69, 9.17) is 10.5 Å². The molecular weight excluding hydrogens is 394 g/mol. The van der Waals surface area contributed by atoms with Crippen LogP contribution in [-0.4, -0.2) is 52.4 Å². The summed E-state index contributed by atoms with van der Waals surface area (Å²) < 4.78 is 5.80. The van der Waals surface area contributed by atoms with Crippen molar-refractivity contribution in [3.63, 3.8) is 0 Å². The van der Waals surface area contributed by atoms with Crippen LogP contribution in [-0.2, 0) is 4.74 Å². The molecule has 2 aliphatic rings. The van der Waals surface area contributed by atoms with Crippen molar-refractivity contribution < 1.29 is 9.53 Å². The van der Waals surface area contributed by atoms with Crippen molar-refractivity contribution in [2.24, 2.45) is 28.9 Å². The fourth-order valence-corrected chi connectivity index (χ4v) is 7.57. The fraction of sp³-hybridized carbons (Fsp3) is 0.958. The van der Waals surface area contributed by atoms with Crippen molar-refractivity contribution in [3.8, 4) is 0 Å². The largest absolute Gasteiger partial charge is 0.444 e. The fourth-order valence-electron chi connectivity index (χ4n) is 5.67. The summed E-state index contributed by atoms with van der Waals surface area (Å²) in [6, 6.07) is 0.564. The number of nitrogens with zero attached hydrogens (tertiary/aromatic N) is 1. The average molecular weight is 442 g/mol. The lowest BCUT2D eigenvalue weighted by atomic mass is 9.67. The number of ether oxygens (including phenoxy) is 1. The highest BCUT2D eigenvalue weighted by atomic mass is 32.2. The van der Waals surface area contributed by atoms with Crippen LogP contribution in [0.1, 0.15) is 81.6 Å². The zero-order valence-corrected chi connectivity index (χ0v) is 21.6. The summed E-state index contributed by atoms with van der Waals surface area (Å²) in [5.74, 6) is 1.53. The first-order valence-electron chi connectivity index (χ1n) is 11.9. The summed E-state index contributed by atoms with van der Waals surface area (Å²) in [5.41, 5.74) is 5.79. The topological polar surface area (TPSA) is 67.6 Å². The first-order chi connectivity index (χ1) is 13.8. The number of hydrogen-bond acceptors (Lipinski definition) is 5. The molecule has 6 heteroatoms. The van der Waals surface area contributed by atoms with Crippen LogP contribution in [0.15, 0.2) is 0 Å². The van der Waals surface area contributed by atoms with Crippen LogP contribution in [0.4, 0.5) is 4.79 Å². The van der Waals surface area contributed by atoms with Crippen molar-refractivity contribution in [2.45, 2.75) is 110 Å². The number of nitrogens with one attached hydrogen (secondary N) is 1. The number of rotatable bonds is 2. The van der Waals surface area contributed by atoms with E-state index < -0.39 is 5.60 Å². The van der Waals surface area contributed by atoms with E-state index in [-0.39, 0.29) is 17.6 Å². The van der Waals surface area contributed by atoms with Crippen molar-refractivity contribution in [1.82, 2.24) is 10.2 Å². The van der Waals surface area contributed by atoms with Gasteiger partial charge in [-0.05, 0) is 70.1 Å². The Kier molecular flexibility index (Phi) is 8.59. The minimum atomic E-state index is -0.501. The molecule has 0 aromatic carbocycles. The monoisotopic (exact) mass is 441 g/mol. The van der Waals surface area contributed by atoms with Gasteiger partial charge < -0.3 is 20.7 Å². The van der Waals surface area contributed by atoms with E-state index in [1.165, 1.54) is 6.42 Å². The van der Waals surface area contributed by atoms with Gasteiger partial charge in [-0.25, -0.2) is 4.79 Å². The molecule has 0 bridgehead atoms. The summed E-state index contributed by atoms with van der Waals surface area (Å²) >= 11 is 2.11. The van der Waals surface area contributed by atoms with Gasteiger partial charge in [-0.3, -0.25) is 0 Å². The number of carbonyl (C=O) groups excluding carboxylic acids is 1. The quantitative estimate of drug-likeness (QED) is 0.625. The van der Waals surface area contributed by atoms with Crippen LogP contribution in [0.25, 0.3) is 0 Å². The molecule has 0 aromatic rings. The highest BCUT2D eigenvalue weighted by molar-refractivity contribution is 8.00. The van der Waals surface area contributed by atoms with Crippen molar-refractivity contribution >= 4 is 17.9 Å². The van der Waals surface area contributed by atoms with E-state index in [1.807, 2.05) is 25.7 Å². The van der Waals surface area contributed by atoms with E-state index in [0.717, 1.165) is 19.4 Å². The maximum absolute atomic E-state index is 13.2. The smallest absolute Gasteiger partial charge is 0.410 e. The standard InChI is InChI=1S/C24H47N3O2S/c1-10-18-11-15(2)20-16(3)14-27(22(28)29-23(5,6)7)19(13-25)12-24(8,9)21(20)30-17(4)26-18/h15-21,26H,10-14,25H2,1-9H3. The van der Waals surface area contributed by atoms with Gasteiger partial charge in [0, 0.05) is 30.4 Å². The normalized spacial score (nSPS) is 37.9. The third kappa shape index (κ3) is 6.29. The molecule has 176 valence electrons. The van der Waals surface area contributed by atoms with Gasteiger partial charge in [0.25, 0.3) is 0 Å². The van der Waals surface area contributed by atoms with Crippen LogP contribution in [0.3, 0.4) is 0 Å². The molecule has 2 saturated heterocycles. The third-order valence-electron chi connectivity index (χ3n) is 6.99. The van der Waals surface area contributed by atoms with Crippen LogP contribution in [0, 0.1) is 23.2 Å². The third-order valence-corrected chi connectivity index (χ3v) is 8.78. The van der Waals surface area contributed by atoms with Gasteiger partial charge in [0.2, 0.25) is 0 Å². The van der Waals surface area contributed by atoms with Crippen LogP contribution in [0.5, 0.6) is 0 Å². The molecule has 1 amide bonds. The van der Waals surface area contributed by atoms with Gasteiger partial charge in [-0.2, -0.15) is 0 Å². The lowest BCUT2D eigenvalue weighted by molar-refractivity contribution is -0.00660. The van der Waals surface area contributed by atoms with Gasteiger partial charge in [0.1, 0.15) is 5.60 Å². The second-order valence-corrected chi connectivity index (χ2v) is 12.9. The van der Waals surface area contributed by atoms with E-state index >= 15 is 0 Å². The summed E-state index contributed by atoms with van der Waals surface area (Å²) in [6.45, 7) is 21.1. The number of nitrogens with two attached hydrogens (primary N) is 1. The van der Waals surface area contributed by atoms with Crippen molar-refractivity contribution in [3.05, 3.63) is 0 Å². The molecule has 2 fully saturated rings. The first-order valence-corrected chi connectivity index (χ1v) is 12.8. The second-order valence-electron chi connectivity index (χ2n) is 11.5. The SMILES string of the molecule is CCC1CC(C)C2C(C)CN(C(=O)OC(C)(C)C)C(CN)CC(C)(C)C2SC(C)N1. The Labute approximate surface area is 189 Å². The number of amides is 1. The number of carbonyl (C=O) groups is 1. The molecule has 0 radical (unpaired) electrons. The van der Waals surface area contributed by atoms with Gasteiger partial charge in [0.05, 0.1) is 5.37 Å². The molecule has 7 atom stereocenters. The van der Waals surface area contributed by atoms with Gasteiger partial charge in [0.15, 0.2) is 0 Å². The molecule has 0 aromatic heterocycles. The Hall–Kier alpha value is -0.460. The zero-order chi connectivity index (χ0) is 22.9. The average Bonchev–Trinajstić information content (AvgIpc) is 2.59. The number of likely N-dealkylation sites (tertiary alicyclic amines) is 1. The van der Waals surface area contributed by atoms with Crippen molar-refractivity contribution in [2.75, 3.05) is 13.1 Å². The molecule has 5 nitrogen and oxygen atoms in total. The van der Waals surface area contributed by atoms with Gasteiger partial charge >= 0.3 is 6.09 Å². The van der Waals surface area contributed by atoms with Crippen LogP contribution in [0.2, 0.25) is 0 Å². The Morgan fingerprint density at radius 3 is 2.40 bits per heavy atom. The molecule has 2 aliphatic heterocycles. The number of hydrogen-bond donors (Lipinski definition) is 2. The molecular formula is C24H47N3O2S. The highest BCUT2D eigenvalue weighted by Crippen LogP contribution is 2.49. The van der Waals surface area contributed by atoms with Crippen LogP contribution >= 0.6 is 11.8 Å². The lowest BCUT2D eigenvalue weighted by Gasteiger charge is -2.52. The predicted molar refractivity (Wildman–Crippen MR) is 129 cm³/mol. The Balaban J connectivity index is 2.41. The van der Waals surface area contributed by atoms with Gasteiger partial charge in [-0.15, -0.1) is 11.8 Å². The Bertz CT molecular complexity index is 577. The highest BCUT2D eigenvalue weighted by Gasteiger charge is 2.48. The minimum absolute atomic E-state index is 0.00579. The molecule has 7 unspecified atom stereocenters. The summed E-state index contributed by atoms with van der Waals surface area (Å²) in [6.07, 6.45) is 3.03. The maximum Gasteiger partial charge on any atom is 0.410 e. The summed E-state index contributed by atoms with van der Waals surface area (Å²) in [7, 11) is 0. The van der Waals surface area contributed by atoms with Crippen molar-refractivity contribution in [1.29, 1.82) is 0 Å². The zero-order valence-electron chi connectivity index (χ0n) is 20.8. The Morgan fingerprint density at radius 2 is 1.87 bits per heavy atom. The van der Waals surface area contributed by atoms with E-state index in [9.17, 15) is 4.79 Å². The molecule has 30 heavy (non-hydrogen) atoms. The number of fused-ring (bicyclic) bond motifs is 1. The summed E-state index contributed by atoms with van der Waals surface area (Å²) in [4.78, 5) is 15.1. The molecule has 3 N–H and O–H groups in total. The molecule has 0 aliphatic carbocycles. The first kappa shape index (κ1) is 25.8. The molecule has 0 spiro atoms. The van der Waals surface area contributed by atoms with Gasteiger partial charge in [-0.1, -0.05) is 34.6 Å². The Morgan fingerprint density at radius 1 is 1.23 bits per heavy atom. The van der Waals surface area contributed by atoms with E-state index in [2.05, 4.69) is 58.6 Å². The lowest BCUT2D eigenvalue weighted by Crippen LogP contribution is -2.57. The summed E-state index contributed by atoms with van der Waals surface area (Å²) in [5, 5.41) is 4.81.